The van der Waals surface area contributed by atoms with Crippen molar-refractivity contribution in [2.75, 3.05) is 20.3 Å². The number of para-hydroxylation sites is 2. The van der Waals surface area contributed by atoms with Crippen LogP contribution in [0.1, 0.15) is 57.1 Å². The number of rotatable bonds is 6. The maximum absolute atomic E-state index is 13.7. The highest BCUT2D eigenvalue weighted by Gasteiger charge is 2.49. The van der Waals surface area contributed by atoms with Gasteiger partial charge in [0.05, 0.1) is 17.6 Å². The molecule has 1 aliphatic carbocycles. The van der Waals surface area contributed by atoms with Crippen molar-refractivity contribution >= 4 is 22.8 Å². The van der Waals surface area contributed by atoms with Gasteiger partial charge in [0.25, 0.3) is 5.91 Å². The summed E-state index contributed by atoms with van der Waals surface area (Å²) >= 11 is 0. The number of nitrogens with zero attached hydrogens (tertiary/aromatic N) is 3. The van der Waals surface area contributed by atoms with Crippen LogP contribution in [0.4, 0.5) is 0 Å². The zero-order valence-corrected chi connectivity index (χ0v) is 19.1. The molecule has 0 radical (unpaired) electrons. The Morgan fingerprint density at radius 2 is 2.06 bits per heavy atom. The average molecular weight is 427 g/mol. The van der Waals surface area contributed by atoms with Crippen LogP contribution in [0.2, 0.25) is 0 Å². The molecule has 1 saturated carbocycles. The number of amides is 2. The van der Waals surface area contributed by atoms with Crippen molar-refractivity contribution in [1.29, 1.82) is 0 Å². The average Bonchev–Trinajstić information content (AvgIpc) is 3.12. The van der Waals surface area contributed by atoms with Gasteiger partial charge in [-0.05, 0) is 43.7 Å². The lowest BCUT2D eigenvalue weighted by Crippen LogP contribution is -2.65. The van der Waals surface area contributed by atoms with Gasteiger partial charge in [-0.2, -0.15) is 0 Å². The SMILES string of the molecule is COCCCN1C(=O)c2nc3ccccc3n2CC1(C)C(=O)NC1CCCC(C)C1C. The molecule has 31 heavy (non-hydrogen) atoms. The molecule has 1 N–H and O–H groups in total. The van der Waals surface area contributed by atoms with Crippen LogP contribution in [-0.4, -0.2) is 58.1 Å². The molecule has 2 aliphatic rings. The summed E-state index contributed by atoms with van der Waals surface area (Å²) in [7, 11) is 1.65. The van der Waals surface area contributed by atoms with Gasteiger partial charge in [-0.1, -0.05) is 38.8 Å². The Balaban J connectivity index is 1.68. The summed E-state index contributed by atoms with van der Waals surface area (Å²) in [6, 6.07) is 7.87. The van der Waals surface area contributed by atoms with Crippen molar-refractivity contribution in [3.63, 3.8) is 0 Å². The van der Waals surface area contributed by atoms with E-state index in [0.717, 1.165) is 23.9 Å². The molecule has 1 aromatic carbocycles. The van der Waals surface area contributed by atoms with Gasteiger partial charge in [0.1, 0.15) is 5.54 Å². The number of hydrogen-bond acceptors (Lipinski definition) is 4. The zero-order chi connectivity index (χ0) is 22.2. The fourth-order valence-electron chi connectivity index (χ4n) is 5.16. The van der Waals surface area contributed by atoms with Crippen molar-refractivity contribution in [3.05, 3.63) is 30.1 Å². The van der Waals surface area contributed by atoms with E-state index in [-0.39, 0.29) is 17.9 Å². The van der Waals surface area contributed by atoms with Crippen LogP contribution in [0.15, 0.2) is 24.3 Å². The summed E-state index contributed by atoms with van der Waals surface area (Å²) in [5.74, 6) is 1.14. The summed E-state index contributed by atoms with van der Waals surface area (Å²) in [6.45, 7) is 7.76. The van der Waals surface area contributed by atoms with Gasteiger partial charge >= 0.3 is 0 Å². The van der Waals surface area contributed by atoms with Crippen molar-refractivity contribution in [2.24, 2.45) is 11.8 Å². The van der Waals surface area contributed by atoms with E-state index < -0.39 is 5.54 Å². The van der Waals surface area contributed by atoms with Gasteiger partial charge in [-0.3, -0.25) is 9.59 Å². The molecule has 1 fully saturated rings. The molecule has 1 aliphatic heterocycles. The summed E-state index contributed by atoms with van der Waals surface area (Å²) in [4.78, 5) is 33.5. The number of methoxy groups -OCH3 is 1. The van der Waals surface area contributed by atoms with Gasteiger partial charge in [0.2, 0.25) is 5.91 Å². The second-order valence-electron chi connectivity index (χ2n) is 9.43. The lowest BCUT2D eigenvalue weighted by Gasteiger charge is -2.45. The Hall–Kier alpha value is -2.41. The molecule has 1 aromatic heterocycles. The Morgan fingerprint density at radius 3 is 2.84 bits per heavy atom. The topological polar surface area (TPSA) is 76.5 Å². The molecule has 0 saturated heterocycles. The molecule has 4 unspecified atom stereocenters. The maximum atomic E-state index is 13.7. The predicted molar refractivity (Wildman–Crippen MR) is 120 cm³/mol. The van der Waals surface area contributed by atoms with E-state index >= 15 is 0 Å². The minimum atomic E-state index is -0.984. The first-order chi connectivity index (χ1) is 14.9. The van der Waals surface area contributed by atoms with Gasteiger partial charge in [0, 0.05) is 26.3 Å². The van der Waals surface area contributed by atoms with Crippen molar-refractivity contribution < 1.29 is 14.3 Å². The first-order valence-electron chi connectivity index (χ1n) is 11.4. The summed E-state index contributed by atoms with van der Waals surface area (Å²) < 4.78 is 7.12. The van der Waals surface area contributed by atoms with Crippen LogP contribution in [0.3, 0.4) is 0 Å². The summed E-state index contributed by atoms with van der Waals surface area (Å²) in [5.41, 5.74) is 0.685. The Labute approximate surface area is 184 Å². The molecular weight excluding hydrogens is 392 g/mol. The fourth-order valence-corrected chi connectivity index (χ4v) is 5.16. The van der Waals surface area contributed by atoms with Crippen molar-refractivity contribution in [1.82, 2.24) is 19.8 Å². The van der Waals surface area contributed by atoms with Crippen LogP contribution in [0.5, 0.6) is 0 Å². The van der Waals surface area contributed by atoms with Gasteiger partial charge < -0.3 is 19.5 Å². The minimum absolute atomic E-state index is 0.0763. The molecule has 0 bridgehead atoms. The highest BCUT2D eigenvalue weighted by molar-refractivity contribution is 6.01. The molecule has 4 atom stereocenters. The van der Waals surface area contributed by atoms with E-state index in [2.05, 4.69) is 24.1 Å². The third kappa shape index (κ3) is 3.84. The van der Waals surface area contributed by atoms with E-state index in [1.165, 1.54) is 6.42 Å². The lowest BCUT2D eigenvalue weighted by atomic mass is 9.77. The Morgan fingerprint density at radius 1 is 1.29 bits per heavy atom. The molecule has 4 rings (SSSR count). The smallest absolute Gasteiger partial charge is 0.290 e. The number of fused-ring (bicyclic) bond motifs is 3. The van der Waals surface area contributed by atoms with Gasteiger partial charge in [0.15, 0.2) is 5.82 Å². The van der Waals surface area contributed by atoms with Crippen LogP contribution in [-0.2, 0) is 16.1 Å². The molecule has 2 amide bonds. The molecule has 2 heterocycles. The zero-order valence-electron chi connectivity index (χ0n) is 19.1. The summed E-state index contributed by atoms with van der Waals surface area (Å²) in [5, 5.41) is 3.32. The highest BCUT2D eigenvalue weighted by atomic mass is 16.5. The number of benzene rings is 1. The second kappa shape index (κ2) is 8.61. The summed E-state index contributed by atoms with van der Waals surface area (Å²) in [6.07, 6.45) is 3.99. The van der Waals surface area contributed by atoms with E-state index in [1.54, 1.807) is 12.0 Å². The van der Waals surface area contributed by atoms with Crippen LogP contribution in [0, 0.1) is 11.8 Å². The lowest BCUT2D eigenvalue weighted by molar-refractivity contribution is -0.134. The normalized spacial score (nSPS) is 28.6. The van der Waals surface area contributed by atoms with E-state index in [9.17, 15) is 9.59 Å². The largest absolute Gasteiger partial charge is 0.385 e. The molecule has 7 heteroatoms. The Kier molecular flexibility index (Phi) is 6.06. The molecule has 2 aromatic rings. The second-order valence-corrected chi connectivity index (χ2v) is 9.43. The number of hydrogen-bond donors (Lipinski definition) is 1. The minimum Gasteiger partial charge on any atom is -0.385 e. The fraction of sp³-hybridized carbons (Fsp3) is 0.625. The van der Waals surface area contributed by atoms with Gasteiger partial charge in [-0.15, -0.1) is 0 Å². The molecular formula is C24H34N4O3. The van der Waals surface area contributed by atoms with Crippen molar-refractivity contribution in [3.8, 4) is 0 Å². The Bertz CT molecular complexity index is 971. The molecule has 7 nitrogen and oxygen atoms in total. The quantitative estimate of drug-likeness (QED) is 0.720. The van der Waals surface area contributed by atoms with Crippen LogP contribution in [0.25, 0.3) is 11.0 Å². The highest BCUT2D eigenvalue weighted by Crippen LogP contribution is 2.33. The number of carbonyl (C=O) groups excluding carboxylic acids is 2. The molecule has 0 spiro atoms. The van der Waals surface area contributed by atoms with E-state index in [1.807, 2.05) is 35.8 Å². The molecule has 168 valence electrons. The first-order valence-corrected chi connectivity index (χ1v) is 11.4. The predicted octanol–water partition coefficient (Wildman–Crippen LogP) is 3.23. The third-order valence-electron chi connectivity index (χ3n) is 7.40. The standard InChI is InChI=1S/C24H34N4O3/c1-16-9-7-11-18(17(16)2)26-23(30)24(3)15-27-20-12-6-5-10-19(20)25-21(27)22(29)28(24)13-8-14-31-4/h5-6,10,12,16-18H,7-9,11,13-15H2,1-4H3,(H,26,30). The monoisotopic (exact) mass is 426 g/mol. The van der Waals surface area contributed by atoms with Crippen LogP contribution < -0.4 is 5.32 Å². The van der Waals surface area contributed by atoms with E-state index in [4.69, 9.17) is 4.74 Å². The van der Waals surface area contributed by atoms with Gasteiger partial charge in [-0.25, -0.2) is 4.98 Å². The van der Waals surface area contributed by atoms with E-state index in [0.29, 0.717) is 43.8 Å². The number of aromatic nitrogens is 2. The number of ether oxygens (including phenoxy) is 1. The maximum Gasteiger partial charge on any atom is 0.290 e. The number of imidazole rings is 1. The number of carbonyl (C=O) groups is 2. The van der Waals surface area contributed by atoms with Crippen LogP contribution >= 0.6 is 0 Å². The number of nitrogens with one attached hydrogen (secondary N) is 1. The third-order valence-corrected chi connectivity index (χ3v) is 7.40. The van der Waals surface area contributed by atoms with Crippen molar-refractivity contribution in [2.45, 2.75) is 64.6 Å². The first kappa shape index (κ1) is 21.8.